The smallest absolute Gasteiger partial charge is 0.327 e. The summed E-state index contributed by atoms with van der Waals surface area (Å²) in [4.78, 5) is 22.9. The lowest BCUT2D eigenvalue weighted by atomic mass is 10.1. The molecule has 1 N–H and O–H groups in total. The van der Waals surface area contributed by atoms with E-state index in [-0.39, 0.29) is 11.3 Å². The predicted octanol–water partition coefficient (Wildman–Crippen LogP) is -0.255. The van der Waals surface area contributed by atoms with Crippen LogP contribution in [-0.2, 0) is 9.59 Å². The summed E-state index contributed by atoms with van der Waals surface area (Å²) in [7, 11) is 0. The Morgan fingerprint density at radius 2 is 2.45 bits per heavy atom. The van der Waals surface area contributed by atoms with Crippen LogP contribution in [0.25, 0.3) is 0 Å². The van der Waals surface area contributed by atoms with E-state index >= 15 is 0 Å². The fraction of sp³-hybridized carbons (Fsp3) is 0.667. The molecule has 0 aliphatic carbocycles. The number of carboxylic acid groups (broad SMARTS) is 1. The number of carboxylic acids is 1. The van der Waals surface area contributed by atoms with E-state index < -0.39 is 12.0 Å². The van der Waals surface area contributed by atoms with Crippen molar-refractivity contribution in [2.24, 2.45) is 0 Å². The number of carbonyl (C=O) groups excluding carboxylic acids is 1. The molecule has 0 saturated carbocycles. The molecule has 0 unspecified atom stereocenters. The first-order chi connectivity index (χ1) is 5.20. The highest BCUT2D eigenvalue weighted by Crippen LogP contribution is 2.38. The largest absolute Gasteiger partial charge is 0.480 e. The fourth-order valence-electron chi connectivity index (χ4n) is 1.39. The van der Waals surface area contributed by atoms with Gasteiger partial charge in [0.25, 0.3) is 0 Å². The van der Waals surface area contributed by atoms with Gasteiger partial charge in [0.05, 0.1) is 11.8 Å². The Hall–Kier alpha value is -0.710. The van der Waals surface area contributed by atoms with Crippen molar-refractivity contribution in [3.63, 3.8) is 0 Å². The summed E-state index contributed by atoms with van der Waals surface area (Å²) in [5.74, 6) is -0.355. The van der Waals surface area contributed by atoms with Gasteiger partial charge in [0, 0.05) is 5.75 Å². The molecule has 0 aromatic heterocycles. The summed E-state index contributed by atoms with van der Waals surface area (Å²) in [6.07, 6.45) is 0.522. The monoisotopic (exact) mass is 173 g/mol. The third-order valence-electron chi connectivity index (χ3n) is 2.01. The van der Waals surface area contributed by atoms with E-state index in [9.17, 15) is 9.59 Å². The maximum Gasteiger partial charge on any atom is 0.327 e. The Labute approximate surface area is 67.6 Å². The molecule has 4 nitrogen and oxygen atoms in total. The minimum atomic E-state index is -0.881. The number of amides is 1. The van der Waals surface area contributed by atoms with Gasteiger partial charge in [-0.2, -0.15) is 0 Å². The molecule has 0 bridgehead atoms. The average Bonchev–Trinajstić information content (AvgIpc) is 2.25. The molecule has 2 rings (SSSR count). The summed E-state index contributed by atoms with van der Waals surface area (Å²) in [6.45, 7) is 0. The van der Waals surface area contributed by atoms with Crippen LogP contribution in [-0.4, -0.2) is 39.1 Å². The SMILES string of the molecule is O=C(O)[C@H]1CS[C@@H]2CC(=O)N12. The lowest BCUT2D eigenvalue weighted by molar-refractivity contribution is -0.155. The fourth-order valence-corrected chi connectivity index (χ4v) is 2.78. The summed E-state index contributed by atoms with van der Waals surface area (Å²) in [6, 6.07) is -0.564. The zero-order valence-corrected chi connectivity index (χ0v) is 6.50. The summed E-state index contributed by atoms with van der Waals surface area (Å²) < 4.78 is 0. The predicted molar refractivity (Wildman–Crippen MR) is 39.1 cm³/mol. The Balaban J connectivity index is 2.14. The van der Waals surface area contributed by atoms with Gasteiger partial charge in [-0.3, -0.25) is 4.79 Å². The third-order valence-corrected chi connectivity index (χ3v) is 3.30. The molecule has 2 atom stereocenters. The van der Waals surface area contributed by atoms with Gasteiger partial charge in [0.15, 0.2) is 0 Å². The van der Waals surface area contributed by atoms with Crippen LogP contribution >= 0.6 is 11.8 Å². The highest BCUT2D eigenvalue weighted by molar-refractivity contribution is 8.00. The van der Waals surface area contributed by atoms with E-state index in [0.717, 1.165) is 0 Å². The van der Waals surface area contributed by atoms with Gasteiger partial charge in [0.1, 0.15) is 6.04 Å². The van der Waals surface area contributed by atoms with Crippen molar-refractivity contribution in [2.75, 3.05) is 5.75 Å². The topological polar surface area (TPSA) is 57.6 Å². The van der Waals surface area contributed by atoms with E-state index in [1.807, 2.05) is 0 Å². The van der Waals surface area contributed by atoms with Crippen molar-refractivity contribution < 1.29 is 14.7 Å². The average molecular weight is 173 g/mol. The molecule has 2 saturated heterocycles. The van der Waals surface area contributed by atoms with Crippen LogP contribution in [0.5, 0.6) is 0 Å². The summed E-state index contributed by atoms with van der Waals surface area (Å²) >= 11 is 1.56. The highest BCUT2D eigenvalue weighted by Gasteiger charge is 2.49. The Morgan fingerprint density at radius 3 is 2.91 bits per heavy atom. The first-order valence-corrected chi connectivity index (χ1v) is 4.40. The van der Waals surface area contributed by atoms with Gasteiger partial charge in [-0.15, -0.1) is 11.8 Å². The number of rotatable bonds is 1. The van der Waals surface area contributed by atoms with E-state index in [1.54, 1.807) is 11.8 Å². The van der Waals surface area contributed by atoms with Crippen molar-refractivity contribution in [1.82, 2.24) is 4.90 Å². The lowest BCUT2D eigenvalue weighted by Crippen LogP contribution is -2.54. The van der Waals surface area contributed by atoms with Crippen molar-refractivity contribution in [3.05, 3.63) is 0 Å². The van der Waals surface area contributed by atoms with Gasteiger partial charge in [0.2, 0.25) is 5.91 Å². The number of hydrogen-bond donors (Lipinski definition) is 1. The number of hydrogen-bond acceptors (Lipinski definition) is 3. The van der Waals surface area contributed by atoms with Gasteiger partial charge >= 0.3 is 5.97 Å². The van der Waals surface area contributed by atoms with Crippen molar-refractivity contribution in [1.29, 1.82) is 0 Å². The second kappa shape index (κ2) is 2.14. The number of aliphatic carboxylic acids is 1. The molecule has 0 aromatic rings. The van der Waals surface area contributed by atoms with Crippen molar-refractivity contribution in [2.45, 2.75) is 17.8 Å². The van der Waals surface area contributed by atoms with Gasteiger partial charge < -0.3 is 10.0 Å². The van der Waals surface area contributed by atoms with Crippen LogP contribution in [0.15, 0.2) is 0 Å². The van der Waals surface area contributed by atoms with E-state index in [1.165, 1.54) is 4.90 Å². The van der Waals surface area contributed by atoms with E-state index in [0.29, 0.717) is 12.2 Å². The van der Waals surface area contributed by atoms with Gasteiger partial charge in [-0.1, -0.05) is 0 Å². The lowest BCUT2D eigenvalue weighted by Gasteiger charge is -2.35. The van der Waals surface area contributed by atoms with E-state index in [2.05, 4.69) is 0 Å². The maximum atomic E-state index is 10.9. The summed E-state index contributed by atoms with van der Waals surface area (Å²) in [5, 5.41) is 8.80. The number of β-lactam (4-membered cyclic amide) rings is 1. The van der Waals surface area contributed by atoms with Crippen LogP contribution in [0.3, 0.4) is 0 Å². The molecule has 2 fully saturated rings. The van der Waals surface area contributed by atoms with E-state index in [4.69, 9.17) is 5.11 Å². The van der Waals surface area contributed by atoms with Crippen molar-refractivity contribution in [3.8, 4) is 0 Å². The molecule has 0 spiro atoms. The Kier molecular flexibility index (Phi) is 1.35. The number of fused-ring (bicyclic) bond motifs is 1. The van der Waals surface area contributed by atoms with Crippen LogP contribution < -0.4 is 0 Å². The quantitative estimate of drug-likeness (QED) is 0.555. The second-order valence-electron chi connectivity index (χ2n) is 2.65. The molecule has 2 heterocycles. The summed E-state index contributed by atoms with van der Waals surface area (Å²) in [5.41, 5.74) is 0. The van der Waals surface area contributed by atoms with Crippen LogP contribution in [0, 0.1) is 0 Å². The normalized spacial score (nSPS) is 34.9. The molecule has 0 aromatic carbocycles. The standard InChI is InChI=1S/C6H7NO3S/c8-4-1-5-7(4)3(2-11-5)6(9)10/h3,5H,1-2H2,(H,9,10)/t3-,5-/m1/s1. The molecular weight excluding hydrogens is 166 g/mol. The molecule has 11 heavy (non-hydrogen) atoms. The first-order valence-electron chi connectivity index (χ1n) is 3.35. The van der Waals surface area contributed by atoms with Crippen LogP contribution in [0.2, 0.25) is 0 Å². The second-order valence-corrected chi connectivity index (χ2v) is 3.86. The number of carbonyl (C=O) groups is 2. The van der Waals surface area contributed by atoms with Crippen LogP contribution in [0.4, 0.5) is 0 Å². The molecule has 60 valence electrons. The van der Waals surface area contributed by atoms with Crippen molar-refractivity contribution >= 4 is 23.6 Å². The minimum Gasteiger partial charge on any atom is -0.480 e. The van der Waals surface area contributed by atoms with Gasteiger partial charge in [-0.25, -0.2) is 4.79 Å². The number of nitrogens with zero attached hydrogens (tertiary/aromatic N) is 1. The number of thioether (sulfide) groups is 1. The maximum absolute atomic E-state index is 10.9. The molecular formula is C6H7NO3S. The Bertz CT molecular complexity index is 222. The zero-order valence-electron chi connectivity index (χ0n) is 5.69. The van der Waals surface area contributed by atoms with Crippen LogP contribution in [0.1, 0.15) is 6.42 Å². The highest BCUT2D eigenvalue weighted by atomic mass is 32.2. The molecule has 1 amide bonds. The third kappa shape index (κ3) is 0.837. The molecule has 2 aliphatic heterocycles. The molecule has 2 aliphatic rings. The minimum absolute atomic E-state index is 0.0209. The van der Waals surface area contributed by atoms with Gasteiger partial charge in [-0.05, 0) is 0 Å². The zero-order chi connectivity index (χ0) is 8.01. The molecule has 0 radical (unpaired) electrons. The Morgan fingerprint density at radius 1 is 1.73 bits per heavy atom. The molecule has 5 heteroatoms. The first kappa shape index (κ1) is 6.97.